The summed E-state index contributed by atoms with van der Waals surface area (Å²) in [6, 6.07) is 6.31. The van der Waals surface area contributed by atoms with Gasteiger partial charge in [0, 0.05) is 5.56 Å². The van der Waals surface area contributed by atoms with Crippen LogP contribution in [0.3, 0.4) is 0 Å². The lowest BCUT2D eigenvalue weighted by atomic mass is 10.1. The molecule has 1 atom stereocenters. The molecular weight excluding hydrogens is 238 g/mol. The molecule has 0 aliphatic rings. The minimum atomic E-state index is 0.0898. The number of aryl methyl sites for hydroxylation is 2. The van der Waals surface area contributed by atoms with E-state index in [1.807, 2.05) is 13.0 Å². The van der Waals surface area contributed by atoms with Gasteiger partial charge in [-0.2, -0.15) is 0 Å². The predicted octanol–water partition coefficient (Wildman–Crippen LogP) is 3.41. The Morgan fingerprint density at radius 3 is 2.74 bits per heavy atom. The third-order valence-corrected chi connectivity index (χ3v) is 3.12. The highest BCUT2D eigenvalue weighted by atomic mass is 16.4. The molecule has 0 aliphatic heterocycles. The fourth-order valence-electron chi connectivity index (χ4n) is 2.02. The summed E-state index contributed by atoms with van der Waals surface area (Å²) in [6.07, 6.45) is 1.09. The van der Waals surface area contributed by atoms with Crippen LogP contribution in [-0.4, -0.2) is 16.7 Å². The van der Waals surface area contributed by atoms with E-state index in [0.29, 0.717) is 11.8 Å². The van der Waals surface area contributed by atoms with Crippen LogP contribution in [0.5, 0.6) is 0 Å². The molecule has 2 rings (SSSR count). The van der Waals surface area contributed by atoms with Crippen LogP contribution in [0, 0.1) is 13.8 Å². The number of hydrogen-bond donors (Lipinski definition) is 1. The molecule has 1 heterocycles. The lowest BCUT2D eigenvalue weighted by Crippen LogP contribution is -2.19. The Hall–Kier alpha value is -1.68. The molecule has 0 bridgehead atoms. The van der Waals surface area contributed by atoms with Gasteiger partial charge in [-0.05, 0) is 45.4 Å². The van der Waals surface area contributed by atoms with Gasteiger partial charge >= 0.3 is 0 Å². The molecule has 1 aromatic carbocycles. The first-order valence-corrected chi connectivity index (χ1v) is 6.76. The zero-order chi connectivity index (χ0) is 13.8. The maximum atomic E-state index is 5.76. The van der Waals surface area contributed by atoms with E-state index in [1.165, 1.54) is 5.56 Å². The van der Waals surface area contributed by atoms with Gasteiger partial charge in [-0.25, -0.2) is 0 Å². The first-order valence-electron chi connectivity index (χ1n) is 6.76. The summed E-state index contributed by atoms with van der Waals surface area (Å²) in [4.78, 5) is 0. The van der Waals surface area contributed by atoms with Crippen LogP contribution in [0.25, 0.3) is 11.5 Å². The summed E-state index contributed by atoms with van der Waals surface area (Å²) in [6.45, 7) is 9.25. The van der Waals surface area contributed by atoms with Gasteiger partial charge in [0.25, 0.3) is 0 Å². The number of nitrogens with zero attached hydrogens (tertiary/aromatic N) is 2. The van der Waals surface area contributed by atoms with Crippen molar-refractivity contribution in [3.63, 3.8) is 0 Å². The molecular formula is C15H21N3O. The van der Waals surface area contributed by atoms with Crippen LogP contribution >= 0.6 is 0 Å². The monoisotopic (exact) mass is 259 g/mol. The Bertz CT molecular complexity index is 548. The Balaban J connectivity index is 2.20. The summed E-state index contributed by atoms with van der Waals surface area (Å²) < 4.78 is 5.76. The van der Waals surface area contributed by atoms with Gasteiger partial charge in [-0.15, -0.1) is 10.2 Å². The molecule has 0 fully saturated rings. The van der Waals surface area contributed by atoms with Crippen molar-refractivity contribution in [3.8, 4) is 11.5 Å². The van der Waals surface area contributed by atoms with E-state index >= 15 is 0 Å². The van der Waals surface area contributed by atoms with E-state index in [1.54, 1.807) is 0 Å². The second-order valence-corrected chi connectivity index (χ2v) is 4.94. The van der Waals surface area contributed by atoms with Gasteiger partial charge in [-0.1, -0.05) is 24.6 Å². The third kappa shape index (κ3) is 3.20. The molecule has 1 aromatic heterocycles. The molecule has 1 unspecified atom stereocenters. The van der Waals surface area contributed by atoms with Gasteiger partial charge in [0.1, 0.15) is 0 Å². The number of nitrogens with one attached hydrogen (secondary N) is 1. The average Bonchev–Trinajstić information content (AvgIpc) is 2.85. The molecule has 0 spiro atoms. The van der Waals surface area contributed by atoms with Crippen LogP contribution in [0.4, 0.5) is 0 Å². The van der Waals surface area contributed by atoms with E-state index in [9.17, 15) is 0 Å². The first-order chi connectivity index (χ1) is 9.11. The topological polar surface area (TPSA) is 51.0 Å². The van der Waals surface area contributed by atoms with Crippen molar-refractivity contribution in [2.75, 3.05) is 6.54 Å². The summed E-state index contributed by atoms with van der Waals surface area (Å²) in [7, 11) is 0. The molecule has 102 valence electrons. The Morgan fingerprint density at radius 2 is 2.05 bits per heavy atom. The second kappa shape index (κ2) is 5.97. The quantitative estimate of drug-likeness (QED) is 0.894. The third-order valence-electron chi connectivity index (χ3n) is 3.12. The van der Waals surface area contributed by atoms with E-state index < -0.39 is 0 Å². The van der Waals surface area contributed by atoms with Crippen LogP contribution in [0.15, 0.2) is 22.6 Å². The van der Waals surface area contributed by atoms with E-state index in [2.05, 4.69) is 48.4 Å². The molecule has 1 N–H and O–H groups in total. The lowest BCUT2D eigenvalue weighted by Gasteiger charge is -2.07. The lowest BCUT2D eigenvalue weighted by molar-refractivity contribution is 0.423. The van der Waals surface area contributed by atoms with Crippen molar-refractivity contribution in [1.82, 2.24) is 15.5 Å². The van der Waals surface area contributed by atoms with Crippen LogP contribution < -0.4 is 5.32 Å². The number of aromatic nitrogens is 2. The van der Waals surface area contributed by atoms with E-state index in [4.69, 9.17) is 4.42 Å². The molecule has 0 aliphatic carbocycles. The molecule has 4 heteroatoms. The second-order valence-electron chi connectivity index (χ2n) is 4.94. The summed E-state index contributed by atoms with van der Waals surface area (Å²) >= 11 is 0. The van der Waals surface area contributed by atoms with Gasteiger partial charge in [0.2, 0.25) is 11.8 Å². The van der Waals surface area contributed by atoms with Gasteiger partial charge in [0.15, 0.2) is 0 Å². The molecule has 0 radical (unpaired) electrons. The smallest absolute Gasteiger partial charge is 0.248 e. The summed E-state index contributed by atoms with van der Waals surface area (Å²) in [5.74, 6) is 1.24. The zero-order valence-corrected chi connectivity index (χ0v) is 12.0. The van der Waals surface area contributed by atoms with Crippen molar-refractivity contribution in [2.45, 2.75) is 40.2 Å². The van der Waals surface area contributed by atoms with Crippen molar-refractivity contribution in [2.24, 2.45) is 0 Å². The Kier molecular flexibility index (Phi) is 4.32. The highest BCUT2D eigenvalue weighted by molar-refractivity contribution is 5.58. The molecule has 0 saturated heterocycles. The van der Waals surface area contributed by atoms with Crippen LogP contribution in [0.2, 0.25) is 0 Å². The van der Waals surface area contributed by atoms with Crippen LogP contribution in [-0.2, 0) is 0 Å². The number of rotatable bonds is 5. The fourth-order valence-corrected chi connectivity index (χ4v) is 2.02. The van der Waals surface area contributed by atoms with Gasteiger partial charge in [0.05, 0.1) is 6.04 Å². The minimum Gasteiger partial charge on any atom is -0.419 e. The highest BCUT2D eigenvalue weighted by Gasteiger charge is 2.15. The minimum absolute atomic E-state index is 0.0898. The van der Waals surface area contributed by atoms with Crippen LogP contribution in [0.1, 0.15) is 43.3 Å². The molecule has 2 aromatic rings. The zero-order valence-electron chi connectivity index (χ0n) is 12.0. The fraction of sp³-hybridized carbons (Fsp3) is 0.467. The Morgan fingerprint density at radius 1 is 1.26 bits per heavy atom. The van der Waals surface area contributed by atoms with E-state index in [-0.39, 0.29) is 6.04 Å². The number of benzene rings is 1. The predicted molar refractivity (Wildman–Crippen MR) is 75.9 cm³/mol. The van der Waals surface area contributed by atoms with Crippen molar-refractivity contribution in [1.29, 1.82) is 0 Å². The summed E-state index contributed by atoms with van der Waals surface area (Å²) in [5, 5.41) is 11.6. The Labute approximate surface area is 114 Å². The standard InChI is InChI=1S/C15H21N3O/c1-5-8-16-12(4)14-17-18-15(19-14)13-7-6-10(2)9-11(13)3/h6-7,9,12,16H,5,8H2,1-4H3. The van der Waals surface area contributed by atoms with Crippen molar-refractivity contribution in [3.05, 3.63) is 35.2 Å². The van der Waals surface area contributed by atoms with Crippen molar-refractivity contribution >= 4 is 0 Å². The molecule has 19 heavy (non-hydrogen) atoms. The highest BCUT2D eigenvalue weighted by Crippen LogP contribution is 2.24. The van der Waals surface area contributed by atoms with E-state index in [0.717, 1.165) is 24.1 Å². The maximum absolute atomic E-state index is 5.76. The SMILES string of the molecule is CCCNC(C)c1nnc(-c2ccc(C)cc2C)o1. The van der Waals surface area contributed by atoms with Crippen molar-refractivity contribution < 1.29 is 4.42 Å². The maximum Gasteiger partial charge on any atom is 0.248 e. The average molecular weight is 259 g/mol. The normalized spacial score (nSPS) is 12.6. The summed E-state index contributed by atoms with van der Waals surface area (Å²) in [5.41, 5.74) is 3.40. The molecule has 4 nitrogen and oxygen atoms in total. The van der Waals surface area contributed by atoms with Gasteiger partial charge in [-0.3, -0.25) is 0 Å². The largest absolute Gasteiger partial charge is 0.419 e. The van der Waals surface area contributed by atoms with Gasteiger partial charge < -0.3 is 9.73 Å². The first kappa shape index (κ1) is 13.7. The molecule has 0 saturated carbocycles. The molecule has 0 amide bonds. The number of hydrogen-bond acceptors (Lipinski definition) is 4.